The molecule has 0 spiro atoms. The number of hydrogen-bond donors (Lipinski definition) is 1. The Morgan fingerprint density at radius 3 is 1.91 bits per heavy atom. The van der Waals surface area contributed by atoms with Crippen LogP contribution in [0.1, 0.15) is 27.6 Å². The Bertz CT molecular complexity index is 757. The molecule has 108 valence electrons. The van der Waals surface area contributed by atoms with E-state index in [1.807, 2.05) is 6.07 Å². The van der Waals surface area contributed by atoms with Crippen molar-refractivity contribution in [2.75, 3.05) is 0 Å². The Kier molecular flexibility index (Phi) is 4.84. The summed E-state index contributed by atoms with van der Waals surface area (Å²) in [6.45, 7) is 1.54. The fourth-order valence-corrected chi connectivity index (χ4v) is 1.93. The molecule has 22 heavy (non-hydrogen) atoms. The van der Waals surface area contributed by atoms with E-state index in [9.17, 15) is 14.9 Å². The second-order valence-corrected chi connectivity index (χ2v) is 4.63. The molecule has 0 fully saturated rings. The molecule has 1 N–H and O–H groups in total. The third-order valence-corrected chi connectivity index (χ3v) is 3.09. The van der Waals surface area contributed by atoms with Crippen LogP contribution in [0.4, 0.5) is 0 Å². The Hall–Kier alpha value is -3.19. The van der Waals surface area contributed by atoms with Crippen LogP contribution >= 0.6 is 0 Å². The molecule has 0 bridgehead atoms. The summed E-state index contributed by atoms with van der Waals surface area (Å²) in [5.41, 5.74) is 1.04. The highest BCUT2D eigenvalue weighted by Crippen LogP contribution is 2.11. The van der Waals surface area contributed by atoms with E-state index in [2.05, 4.69) is 5.32 Å². The van der Waals surface area contributed by atoms with Crippen molar-refractivity contribution in [1.82, 2.24) is 5.32 Å². The van der Waals surface area contributed by atoms with Crippen LogP contribution in [0.2, 0.25) is 0 Å². The maximum Gasteiger partial charge on any atom is 0.255 e. The number of carbonyl (C=O) groups is 2. The molecule has 2 aromatic rings. The van der Waals surface area contributed by atoms with E-state index in [1.54, 1.807) is 67.6 Å². The van der Waals surface area contributed by atoms with E-state index in [1.165, 1.54) is 0 Å². The zero-order chi connectivity index (χ0) is 15.9. The number of nitrogens with zero attached hydrogens (tertiary/aromatic N) is 1. The molecule has 0 heterocycles. The van der Waals surface area contributed by atoms with Gasteiger partial charge in [-0.3, -0.25) is 9.59 Å². The zero-order valence-electron chi connectivity index (χ0n) is 12.0. The van der Waals surface area contributed by atoms with Crippen molar-refractivity contribution < 1.29 is 9.59 Å². The number of amides is 1. The number of Topliss-reactive ketones (excluding diaryl/α,β-unsaturated/α-hetero) is 1. The number of nitriles is 1. The van der Waals surface area contributed by atoms with Gasteiger partial charge in [0.05, 0.1) is 0 Å². The highest BCUT2D eigenvalue weighted by atomic mass is 16.1. The Morgan fingerprint density at radius 1 is 0.909 bits per heavy atom. The molecule has 0 aromatic heterocycles. The average Bonchev–Trinajstić information content (AvgIpc) is 2.57. The zero-order valence-corrected chi connectivity index (χ0v) is 12.0. The van der Waals surface area contributed by atoms with E-state index >= 15 is 0 Å². The fraction of sp³-hybridized carbons (Fsp3) is 0.0556. The van der Waals surface area contributed by atoms with Gasteiger partial charge < -0.3 is 5.32 Å². The van der Waals surface area contributed by atoms with Crippen molar-refractivity contribution in [3.05, 3.63) is 83.1 Å². The molecule has 0 unspecified atom stereocenters. The minimum Gasteiger partial charge on any atom is -0.325 e. The van der Waals surface area contributed by atoms with Crippen LogP contribution in [-0.4, -0.2) is 11.7 Å². The lowest BCUT2D eigenvalue weighted by Crippen LogP contribution is -2.24. The summed E-state index contributed by atoms with van der Waals surface area (Å²) in [7, 11) is 0. The summed E-state index contributed by atoms with van der Waals surface area (Å²) in [5, 5.41) is 11.8. The number of carbonyl (C=O) groups excluding carboxylic acids is 2. The SMILES string of the molecule is CC(NC(=O)c1ccccc1)=C(C#N)C(=O)c1ccccc1. The van der Waals surface area contributed by atoms with Crippen LogP contribution in [0.3, 0.4) is 0 Å². The van der Waals surface area contributed by atoms with Gasteiger partial charge in [0.1, 0.15) is 11.6 Å². The minimum atomic E-state index is -0.408. The molecule has 0 atom stereocenters. The highest BCUT2D eigenvalue weighted by Gasteiger charge is 2.16. The molecule has 4 nitrogen and oxygen atoms in total. The van der Waals surface area contributed by atoms with Crippen LogP contribution in [0, 0.1) is 11.3 Å². The summed E-state index contributed by atoms with van der Waals surface area (Å²) >= 11 is 0. The second kappa shape index (κ2) is 7.00. The van der Waals surface area contributed by atoms with Crippen molar-refractivity contribution in [2.24, 2.45) is 0 Å². The molecular formula is C18H14N2O2. The minimum absolute atomic E-state index is 0.0736. The van der Waals surface area contributed by atoms with Crippen molar-refractivity contribution >= 4 is 11.7 Å². The van der Waals surface area contributed by atoms with Crippen molar-refractivity contribution in [2.45, 2.75) is 6.92 Å². The van der Waals surface area contributed by atoms with Gasteiger partial charge in [-0.05, 0) is 19.1 Å². The molecule has 2 aromatic carbocycles. The lowest BCUT2D eigenvalue weighted by molar-refractivity contribution is 0.0965. The van der Waals surface area contributed by atoms with Gasteiger partial charge in [0.25, 0.3) is 5.91 Å². The molecule has 1 amide bonds. The summed E-state index contributed by atoms with van der Waals surface area (Å²) in [6, 6.07) is 19.0. The van der Waals surface area contributed by atoms with Gasteiger partial charge in [0.15, 0.2) is 0 Å². The molecule has 0 aliphatic heterocycles. The lowest BCUT2D eigenvalue weighted by atomic mass is 10.0. The van der Waals surface area contributed by atoms with Gasteiger partial charge in [-0.25, -0.2) is 0 Å². The molecule has 2 rings (SSSR count). The summed E-state index contributed by atoms with van der Waals surface area (Å²) in [5.74, 6) is -0.763. The summed E-state index contributed by atoms with van der Waals surface area (Å²) < 4.78 is 0. The fourth-order valence-electron chi connectivity index (χ4n) is 1.93. The van der Waals surface area contributed by atoms with Crippen LogP contribution in [-0.2, 0) is 0 Å². The van der Waals surface area contributed by atoms with Crippen LogP contribution < -0.4 is 5.32 Å². The normalized spacial score (nSPS) is 11.1. The van der Waals surface area contributed by atoms with Gasteiger partial charge in [-0.15, -0.1) is 0 Å². The number of nitrogens with one attached hydrogen (secondary N) is 1. The van der Waals surface area contributed by atoms with Crippen LogP contribution in [0.5, 0.6) is 0 Å². The lowest BCUT2D eigenvalue weighted by Gasteiger charge is -2.08. The third-order valence-electron chi connectivity index (χ3n) is 3.09. The van der Waals surface area contributed by atoms with Gasteiger partial charge >= 0.3 is 0 Å². The van der Waals surface area contributed by atoms with E-state index in [0.29, 0.717) is 11.1 Å². The quantitative estimate of drug-likeness (QED) is 0.534. The van der Waals surface area contributed by atoms with E-state index in [4.69, 9.17) is 0 Å². The van der Waals surface area contributed by atoms with Crippen LogP contribution in [0.25, 0.3) is 0 Å². The topological polar surface area (TPSA) is 70.0 Å². The van der Waals surface area contributed by atoms with Crippen molar-refractivity contribution in [3.63, 3.8) is 0 Å². The second-order valence-electron chi connectivity index (χ2n) is 4.63. The van der Waals surface area contributed by atoms with E-state index < -0.39 is 5.78 Å². The predicted molar refractivity (Wildman–Crippen MR) is 83.0 cm³/mol. The first-order chi connectivity index (χ1) is 10.6. The number of hydrogen-bond acceptors (Lipinski definition) is 3. The first kappa shape index (κ1) is 15.2. The highest BCUT2D eigenvalue weighted by molar-refractivity contribution is 6.12. The number of benzene rings is 2. The van der Waals surface area contributed by atoms with Crippen molar-refractivity contribution in [3.8, 4) is 6.07 Å². The molecule has 0 saturated heterocycles. The molecule has 0 saturated carbocycles. The van der Waals surface area contributed by atoms with Crippen molar-refractivity contribution in [1.29, 1.82) is 5.26 Å². The first-order valence-corrected chi connectivity index (χ1v) is 6.70. The van der Waals surface area contributed by atoms with Gasteiger partial charge in [-0.2, -0.15) is 5.26 Å². The van der Waals surface area contributed by atoms with Gasteiger partial charge in [-0.1, -0.05) is 48.5 Å². The van der Waals surface area contributed by atoms with E-state index in [0.717, 1.165) is 0 Å². The van der Waals surface area contributed by atoms with E-state index in [-0.39, 0.29) is 17.2 Å². The summed E-state index contributed by atoms with van der Waals surface area (Å²) in [4.78, 5) is 24.4. The smallest absolute Gasteiger partial charge is 0.255 e. The van der Waals surface area contributed by atoms with Gasteiger partial charge in [0, 0.05) is 16.8 Å². The standard InChI is InChI=1S/C18H14N2O2/c1-13(20-18(22)15-10-6-3-7-11-15)16(12-19)17(21)14-8-4-2-5-9-14/h2-11H,1H3,(H,20,22). The summed E-state index contributed by atoms with van der Waals surface area (Å²) in [6.07, 6.45) is 0. The molecule has 0 radical (unpaired) electrons. The monoisotopic (exact) mass is 290 g/mol. The maximum atomic E-state index is 12.3. The molecule has 0 aliphatic carbocycles. The number of rotatable bonds is 4. The number of allylic oxidation sites excluding steroid dienone is 2. The van der Waals surface area contributed by atoms with Gasteiger partial charge in [0.2, 0.25) is 5.78 Å². The Labute approximate surface area is 128 Å². The Morgan fingerprint density at radius 2 is 1.41 bits per heavy atom. The average molecular weight is 290 g/mol. The third kappa shape index (κ3) is 3.47. The molecule has 0 aliphatic rings. The Balaban J connectivity index is 2.25. The predicted octanol–water partition coefficient (Wildman–Crippen LogP) is 3.10. The molecular weight excluding hydrogens is 276 g/mol. The largest absolute Gasteiger partial charge is 0.325 e. The number of ketones is 1. The molecule has 4 heteroatoms. The van der Waals surface area contributed by atoms with Crippen LogP contribution in [0.15, 0.2) is 71.9 Å². The maximum absolute atomic E-state index is 12.3. The first-order valence-electron chi connectivity index (χ1n) is 6.70.